The van der Waals surface area contributed by atoms with E-state index in [0.29, 0.717) is 0 Å². The summed E-state index contributed by atoms with van der Waals surface area (Å²) in [5.41, 5.74) is 1.88. The molecule has 0 bridgehead atoms. The van der Waals surface area contributed by atoms with Gasteiger partial charge in [0.25, 0.3) is 0 Å². The second kappa shape index (κ2) is 11.0. The Morgan fingerprint density at radius 3 is 2.58 bits per heavy atom. The van der Waals surface area contributed by atoms with Crippen molar-refractivity contribution in [3.63, 3.8) is 0 Å². The Morgan fingerprint density at radius 1 is 1.04 bits per heavy atom. The van der Waals surface area contributed by atoms with Gasteiger partial charge in [0, 0.05) is 16.2 Å². The minimum Gasteiger partial charge on any atom is -0.282 e. The van der Waals surface area contributed by atoms with E-state index in [1.807, 2.05) is 48.5 Å². The molecule has 0 aliphatic rings. The van der Waals surface area contributed by atoms with Crippen LogP contribution in [0, 0.1) is 0 Å². The van der Waals surface area contributed by atoms with Crippen molar-refractivity contribution in [3.8, 4) is 0 Å². The van der Waals surface area contributed by atoms with Gasteiger partial charge in [-0.25, -0.2) is 0 Å². The molecular weight excluding hydrogens is 332 g/mol. The van der Waals surface area contributed by atoms with Gasteiger partial charge in [-0.3, -0.25) is 4.79 Å². The van der Waals surface area contributed by atoms with E-state index in [1.54, 1.807) is 11.8 Å². The molecule has 0 saturated heterocycles. The van der Waals surface area contributed by atoms with Crippen molar-refractivity contribution in [2.45, 2.75) is 24.2 Å². The predicted octanol–water partition coefficient (Wildman–Crippen LogP) is 6.37. The summed E-state index contributed by atoms with van der Waals surface area (Å²) in [5, 5.41) is 2.29. The fraction of sp³-hybridized carbons (Fsp3) is 0.190. The van der Waals surface area contributed by atoms with Gasteiger partial charge in [0.2, 0.25) is 5.12 Å². The highest BCUT2D eigenvalue weighted by Gasteiger charge is 2.10. The first-order valence-corrected chi connectivity index (χ1v) is 9.90. The lowest BCUT2D eigenvalue weighted by atomic mass is 10.1. The molecule has 1 nitrogen and oxygen atoms in total. The van der Waals surface area contributed by atoms with Crippen LogP contribution in [0.4, 0.5) is 0 Å². The number of carbonyl (C=O) groups is 1. The molecule has 0 spiro atoms. The fourth-order valence-corrected chi connectivity index (χ4v) is 3.75. The van der Waals surface area contributed by atoms with Crippen molar-refractivity contribution >= 4 is 28.6 Å². The zero-order valence-electron chi connectivity index (χ0n) is 13.7. The summed E-state index contributed by atoms with van der Waals surface area (Å²) in [7, 11) is 0. The number of unbranched alkanes of at least 4 members (excludes halogenated alkanes) is 1. The molecule has 0 aliphatic carbocycles. The third-order valence-corrected chi connectivity index (χ3v) is 5.24. The summed E-state index contributed by atoms with van der Waals surface area (Å²) < 4.78 is 0. The normalized spacial score (nSPS) is 10.8. The molecule has 0 radical (unpaired) electrons. The molecule has 0 amide bonds. The highest BCUT2D eigenvalue weighted by molar-refractivity contribution is 8.14. The smallest absolute Gasteiger partial charge is 0.219 e. The first kappa shape index (κ1) is 18.6. The molecule has 0 saturated carbocycles. The molecule has 3 heteroatoms. The number of allylic oxidation sites excluding steroid dienone is 2. The van der Waals surface area contributed by atoms with Gasteiger partial charge in [-0.05, 0) is 42.4 Å². The molecule has 0 aliphatic heterocycles. The van der Waals surface area contributed by atoms with Crippen molar-refractivity contribution in [3.05, 3.63) is 89.9 Å². The maximum atomic E-state index is 12.3. The van der Waals surface area contributed by atoms with Crippen LogP contribution in [0.2, 0.25) is 0 Å². The van der Waals surface area contributed by atoms with Gasteiger partial charge in [-0.1, -0.05) is 78.1 Å². The van der Waals surface area contributed by atoms with E-state index in [1.165, 1.54) is 16.7 Å². The Balaban J connectivity index is 1.69. The number of hydrogen-bond donors (Lipinski definition) is 0. The molecule has 0 N–H and O–H groups in total. The van der Waals surface area contributed by atoms with E-state index in [9.17, 15) is 4.79 Å². The van der Waals surface area contributed by atoms with Crippen molar-refractivity contribution in [2.75, 3.05) is 5.75 Å². The van der Waals surface area contributed by atoms with E-state index < -0.39 is 0 Å². The Hall–Kier alpha value is -1.71. The standard InChI is InChI=1S/C21H22OS2/c1-2-11-18-12-7-8-15-20(18)21(22)24-17-10-4-9-16-23-19-13-5-3-6-14-19/h2-3,5-9,12-16H,1,4,10-11,17H2/b16-9+. The van der Waals surface area contributed by atoms with Crippen LogP contribution in [0.3, 0.4) is 0 Å². The maximum Gasteiger partial charge on any atom is 0.219 e. The van der Waals surface area contributed by atoms with Gasteiger partial charge in [0.1, 0.15) is 0 Å². The molecule has 0 heterocycles. The molecule has 0 atom stereocenters. The molecule has 0 unspecified atom stereocenters. The molecular formula is C21H22OS2. The average Bonchev–Trinajstić information content (AvgIpc) is 2.62. The third kappa shape index (κ3) is 6.42. The van der Waals surface area contributed by atoms with Crippen LogP contribution in [0.25, 0.3) is 0 Å². The number of carbonyl (C=O) groups excluding carboxylic acids is 1. The first-order valence-electron chi connectivity index (χ1n) is 8.04. The monoisotopic (exact) mass is 354 g/mol. The van der Waals surface area contributed by atoms with Gasteiger partial charge in [0.05, 0.1) is 0 Å². The predicted molar refractivity (Wildman–Crippen MR) is 108 cm³/mol. The van der Waals surface area contributed by atoms with Gasteiger partial charge in [-0.15, -0.1) is 6.58 Å². The summed E-state index contributed by atoms with van der Waals surface area (Å²) in [6.07, 6.45) is 6.75. The van der Waals surface area contributed by atoms with Crippen molar-refractivity contribution < 1.29 is 4.79 Å². The minimum absolute atomic E-state index is 0.162. The van der Waals surface area contributed by atoms with Crippen LogP contribution in [0.5, 0.6) is 0 Å². The molecule has 124 valence electrons. The van der Waals surface area contributed by atoms with Gasteiger partial charge < -0.3 is 0 Å². The Bertz CT molecular complexity index is 677. The van der Waals surface area contributed by atoms with Crippen molar-refractivity contribution in [2.24, 2.45) is 0 Å². The molecule has 2 aromatic rings. The second-order valence-electron chi connectivity index (χ2n) is 5.23. The summed E-state index contributed by atoms with van der Waals surface area (Å²) >= 11 is 3.14. The molecule has 2 aromatic carbocycles. The van der Waals surface area contributed by atoms with Crippen LogP contribution in [0.1, 0.15) is 28.8 Å². The van der Waals surface area contributed by atoms with Gasteiger partial charge >= 0.3 is 0 Å². The largest absolute Gasteiger partial charge is 0.282 e. The fourth-order valence-electron chi connectivity index (χ4n) is 2.19. The highest BCUT2D eigenvalue weighted by Crippen LogP contribution is 2.20. The quantitative estimate of drug-likeness (QED) is 0.296. The first-order chi connectivity index (χ1) is 11.8. The van der Waals surface area contributed by atoms with E-state index >= 15 is 0 Å². The van der Waals surface area contributed by atoms with Crippen LogP contribution in [0.15, 0.2) is 83.6 Å². The Labute approximate surface area is 153 Å². The topological polar surface area (TPSA) is 17.1 Å². The third-order valence-electron chi connectivity index (χ3n) is 3.39. The zero-order valence-corrected chi connectivity index (χ0v) is 15.3. The van der Waals surface area contributed by atoms with Crippen LogP contribution in [-0.4, -0.2) is 10.9 Å². The average molecular weight is 355 g/mol. The number of benzene rings is 2. The van der Waals surface area contributed by atoms with E-state index in [2.05, 4.69) is 30.2 Å². The number of rotatable bonds is 9. The summed E-state index contributed by atoms with van der Waals surface area (Å²) in [6.45, 7) is 3.75. The van der Waals surface area contributed by atoms with Gasteiger partial charge in [-0.2, -0.15) is 0 Å². The second-order valence-corrected chi connectivity index (χ2v) is 7.28. The van der Waals surface area contributed by atoms with Crippen molar-refractivity contribution in [1.82, 2.24) is 0 Å². The summed E-state index contributed by atoms with van der Waals surface area (Å²) in [4.78, 5) is 13.6. The Morgan fingerprint density at radius 2 is 1.79 bits per heavy atom. The van der Waals surface area contributed by atoms with Crippen LogP contribution < -0.4 is 0 Å². The summed E-state index contributed by atoms with van der Waals surface area (Å²) in [6, 6.07) is 18.1. The summed E-state index contributed by atoms with van der Waals surface area (Å²) in [5.74, 6) is 0.849. The zero-order chi connectivity index (χ0) is 17.0. The lowest BCUT2D eigenvalue weighted by Crippen LogP contribution is -2.00. The lowest BCUT2D eigenvalue weighted by Gasteiger charge is -2.06. The van der Waals surface area contributed by atoms with Gasteiger partial charge in [0.15, 0.2) is 0 Å². The molecule has 0 aromatic heterocycles. The minimum atomic E-state index is 0.162. The van der Waals surface area contributed by atoms with Crippen LogP contribution >= 0.6 is 23.5 Å². The maximum absolute atomic E-state index is 12.3. The molecule has 2 rings (SSSR count). The van der Waals surface area contributed by atoms with E-state index in [-0.39, 0.29) is 5.12 Å². The highest BCUT2D eigenvalue weighted by atomic mass is 32.2. The number of hydrogen-bond acceptors (Lipinski definition) is 3. The van der Waals surface area contributed by atoms with Crippen molar-refractivity contribution in [1.29, 1.82) is 0 Å². The molecule has 24 heavy (non-hydrogen) atoms. The molecule has 0 fully saturated rings. The number of thioether (sulfide) groups is 2. The van der Waals surface area contributed by atoms with Crippen LogP contribution in [-0.2, 0) is 6.42 Å². The lowest BCUT2D eigenvalue weighted by molar-refractivity contribution is 0.108. The van der Waals surface area contributed by atoms with E-state index in [0.717, 1.165) is 36.1 Å². The van der Waals surface area contributed by atoms with E-state index in [4.69, 9.17) is 0 Å². The SMILES string of the molecule is C=CCc1ccccc1C(=O)SCCC/C=C/Sc1ccccc1. The Kier molecular flexibility index (Phi) is 8.50.